The second-order valence-electron chi connectivity index (χ2n) is 4.01. The first-order chi connectivity index (χ1) is 6.34. The number of piperidine rings is 1. The van der Waals surface area contributed by atoms with E-state index < -0.39 is 0 Å². The summed E-state index contributed by atoms with van der Waals surface area (Å²) in [5, 5.41) is 0. The van der Waals surface area contributed by atoms with E-state index in [9.17, 15) is 0 Å². The fraction of sp³-hybridized carbons (Fsp3) is 0.455. The van der Waals surface area contributed by atoms with Gasteiger partial charge in [0.25, 0.3) is 0 Å². The van der Waals surface area contributed by atoms with Gasteiger partial charge in [-0.15, -0.1) is 0 Å². The van der Waals surface area contributed by atoms with Crippen LogP contribution in [0.25, 0.3) is 0 Å². The molecule has 1 aromatic rings. The molecule has 2 aliphatic heterocycles. The summed E-state index contributed by atoms with van der Waals surface area (Å²) in [6.07, 6.45) is 1.35. The molecule has 68 valence electrons. The van der Waals surface area contributed by atoms with Gasteiger partial charge in [0.15, 0.2) is 0 Å². The van der Waals surface area contributed by atoms with E-state index in [1.54, 1.807) is 0 Å². The third-order valence-electron chi connectivity index (χ3n) is 3.25. The average molecular weight is 238 g/mol. The van der Waals surface area contributed by atoms with Crippen molar-refractivity contribution in [3.63, 3.8) is 0 Å². The molecule has 0 spiro atoms. The average Bonchev–Trinajstić information content (AvgIpc) is 2.81. The van der Waals surface area contributed by atoms with Crippen LogP contribution in [0, 0.1) is 0 Å². The molecule has 0 saturated carbocycles. The molecule has 0 unspecified atom stereocenters. The Balaban J connectivity index is 1.87. The number of rotatable bonds is 1. The van der Waals surface area contributed by atoms with Gasteiger partial charge in [-0.3, -0.25) is 4.90 Å². The van der Waals surface area contributed by atoms with E-state index >= 15 is 0 Å². The number of hydrogen-bond acceptors (Lipinski definition) is 1. The minimum absolute atomic E-state index is 0.813. The van der Waals surface area contributed by atoms with Crippen LogP contribution in [0.2, 0.25) is 0 Å². The van der Waals surface area contributed by atoms with Crippen molar-refractivity contribution in [2.24, 2.45) is 0 Å². The molecule has 1 aromatic carbocycles. The molecule has 2 aliphatic rings. The van der Waals surface area contributed by atoms with Gasteiger partial charge < -0.3 is 0 Å². The fourth-order valence-corrected chi connectivity index (χ4v) is 2.69. The summed E-state index contributed by atoms with van der Waals surface area (Å²) in [5.74, 6) is 0.813. The predicted octanol–water partition coefficient (Wildman–Crippen LogP) is 2.62. The van der Waals surface area contributed by atoms with Crippen molar-refractivity contribution in [3.05, 3.63) is 34.3 Å². The van der Waals surface area contributed by atoms with Crippen molar-refractivity contribution >= 4 is 15.9 Å². The van der Waals surface area contributed by atoms with E-state index in [4.69, 9.17) is 0 Å². The number of fused-ring (bicyclic) bond motifs is 1. The summed E-state index contributed by atoms with van der Waals surface area (Å²) in [6.45, 7) is 2.64. The third kappa shape index (κ3) is 1.32. The Hall–Kier alpha value is -0.340. The van der Waals surface area contributed by atoms with Crippen LogP contribution in [0.3, 0.4) is 0 Å². The largest absolute Gasteiger partial charge is 0.297 e. The van der Waals surface area contributed by atoms with E-state index in [0.29, 0.717) is 0 Å². The zero-order chi connectivity index (χ0) is 8.84. The number of halogens is 1. The molecule has 0 aliphatic carbocycles. The van der Waals surface area contributed by atoms with Gasteiger partial charge in [-0.1, -0.05) is 28.1 Å². The number of hydrogen-bond donors (Lipinski definition) is 0. The molecule has 0 aromatic heterocycles. The summed E-state index contributed by atoms with van der Waals surface area (Å²) < 4.78 is 1.18. The van der Waals surface area contributed by atoms with E-state index in [0.717, 1.165) is 12.0 Å². The van der Waals surface area contributed by atoms with Crippen LogP contribution in [-0.2, 0) is 0 Å². The molecule has 13 heavy (non-hydrogen) atoms. The first-order valence-corrected chi connectivity index (χ1v) is 5.63. The van der Waals surface area contributed by atoms with Crippen LogP contribution in [0.4, 0.5) is 0 Å². The van der Waals surface area contributed by atoms with E-state index in [2.05, 4.69) is 45.1 Å². The minimum Gasteiger partial charge on any atom is -0.297 e. The molecule has 0 amide bonds. The first-order valence-electron chi connectivity index (χ1n) is 4.84. The Morgan fingerprint density at radius 3 is 2.54 bits per heavy atom. The molecule has 3 rings (SSSR count). The van der Waals surface area contributed by atoms with E-state index in [1.807, 2.05) is 0 Å². The van der Waals surface area contributed by atoms with Gasteiger partial charge in [0.2, 0.25) is 0 Å². The quantitative estimate of drug-likeness (QED) is 0.679. The molecule has 2 heteroatoms. The van der Waals surface area contributed by atoms with Gasteiger partial charge >= 0.3 is 0 Å². The van der Waals surface area contributed by atoms with Crippen LogP contribution in [-0.4, -0.2) is 24.0 Å². The van der Waals surface area contributed by atoms with Gasteiger partial charge in [-0.2, -0.15) is 0 Å². The number of benzene rings is 1. The molecule has 2 heterocycles. The topological polar surface area (TPSA) is 3.01 Å². The van der Waals surface area contributed by atoms with Crippen LogP contribution in [0.5, 0.6) is 0 Å². The molecule has 3 atom stereocenters. The summed E-state index contributed by atoms with van der Waals surface area (Å²) in [5.41, 5.74) is 1.52. The monoisotopic (exact) mass is 237 g/mol. The maximum atomic E-state index is 3.47. The second kappa shape index (κ2) is 2.82. The molecule has 0 radical (unpaired) electrons. The summed E-state index contributed by atoms with van der Waals surface area (Å²) in [4.78, 5) is 2.56. The Morgan fingerprint density at radius 1 is 1.23 bits per heavy atom. The molecular formula is C11H12BrN. The van der Waals surface area contributed by atoms with E-state index in [-0.39, 0.29) is 0 Å². The lowest BCUT2D eigenvalue weighted by molar-refractivity contribution is 0.593. The Labute approximate surface area is 86.9 Å². The maximum absolute atomic E-state index is 3.47. The molecule has 2 saturated heterocycles. The Bertz CT molecular complexity index is 319. The Kier molecular flexibility index (Phi) is 1.74. The van der Waals surface area contributed by atoms with E-state index in [1.165, 1.54) is 29.5 Å². The van der Waals surface area contributed by atoms with Gasteiger partial charge in [0.1, 0.15) is 0 Å². The van der Waals surface area contributed by atoms with Crippen LogP contribution in [0.15, 0.2) is 28.7 Å². The predicted molar refractivity (Wildman–Crippen MR) is 56.9 cm³/mol. The first kappa shape index (κ1) is 8.01. The minimum atomic E-state index is 0.813. The normalized spacial score (nSPS) is 35.9. The van der Waals surface area contributed by atoms with Gasteiger partial charge in [-0.05, 0) is 30.7 Å². The summed E-state index contributed by atoms with van der Waals surface area (Å²) in [6, 6.07) is 9.70. The Morgan fingerprint density at radius 2 is 2.00 bits per heavy atom. The molecule has 2 fully saturated rings. The smallest absolute Gasteiger partial charge is 0.0293 e. The lowest BCUT2D eigenvalue weighted by Gasteiger charge is -2.09. The van der Waals surface area contributed by atoms with Crippen molar-refractivity contribution in [2.75, 3.05) is 13.1 Å². The molecule has 0 N–H and O–H groups in total. The highest BCUT2D eigenvalue weighted by Gasteiger charge is 2.46. The lowest BCUT2D eigenvalue weighted by atomic mass is 9.94. The fourth-order valence-electron chi connectivity index (χ4n) is 2.43. The van der Waals surface area contributed by atoms with Crippen molar-refractivity contribution in [1.29, 1.82) is 0 Å². The summed E-state index contributed by atoms with van der Waals surface area (Å²) in [7, 11) is 0. The second-order valence-corrected chi connectivity index (χ2v) is 4.92. The van der Waals surface area contributed by atoms with Crippen molar-refractivity contribution in [3.8, 4) is 0 Å². The standard InChI is InChI=1S/C11H12BrN/c12-9-3-1-8(2-4-9)10-5-6-13-7-11(10)13/h1-4,10-11H,5-7H2/t10-,11+,13+/m0/s1. The van der Waals surface area contributed by atoms with Gasteiger partial charge in [0.05, 0.1) is 0 Å². The van der Waals surface area contributed by atoms with Gasteiger partial charge in [-0.25, -0.2) is 0 Å². The highest BCUT2D eigenvalue weighted by molar-refractivity contribution is 9.10. The van der Waals surface area contributed by atoms with Crippen molar-refractivity contribution in [2.45, 2.75) is 18.4 Å². The highest BCUT2D eigenvalue weighted by Crippen LogP contribution is 2.42. The lowest BCUT2D eigenvalue weighted by Crippen LogP contribution is -2.02. The maximum Gasteiger partial charge on any atom is 0.0293 e. The molecule has 0 bridgehead atoms. The molecular weight excluding hydrogens is 226 g/mol. The van der Waals surface area contributed by atoms with Crippen molar-refractivity contribution < 1.29 is 0 Å². The highest BCUT2D eigenvalue weighted by atomic mass is 79.9. The van der Waals surface area contributed by atoms with Crippen LogP contribution >= 0.6 is 15.9 Å². The summed E-state index contributed by atoms with van der Waals surface area (Å²) >= 11 is 3.47. The number of nitrogens with zero attached hydrogens (tertiary/aromatic N) is 1. The zero-order valence-electron chi connectivity index (χ0n) is 7.41. The molecule has 1 nitrogen and oxygen atoms in total. The van der Waals surface area contributed by atoms with Crippen molar-refractivity contribution in [1.82, 2.24) is 4.90 Å². The third-order valence-corrected chi connectivity index (χ3v) is 3.78. The SMILES string of the molecule is Brc1ccc([C@@H]2CC[N@]3C[C@H]23)cc1. The van der Waals surface area contributed by atoms with Gasteiger partial charge in [0, 0.05) is 23.0 Å². The van der Waals surface area contributed by atoms with Crippen LogP contribution in [0.1, 0.15) is 17.9 Å². The van der Waals surface area contributed by atoms with Crippen LogP contribution < -0.4 is 0 Å². The zero-order valence-corrected chi connectivity index (χ0v) is 9.00.